The van der Waals surface area contributed by atoms with E-state index in [2.05, 4.69) is 54.4 Å². The number of benzene rings is 2. The van der Waals surface area contributed by atoms with E-state index >= 15 is 0 Å². The second-order valence-electron chi connectivity index (χ2n) is 8.12. The predicted molar refractivity (Wildman–Crippen MR) is 120 cm³/mol. The average molecular weight is 395 g/mol. The average Bonchev–Trinajstić information content (AvgIpc) is 2.75. The molecule has 156 valence electrons. The van der Waals surface area contributed by atoms with Gasteiger partial charge in [0.1, 0.15) is 5.75 Å². The quantitative estimate of drug-likeness (QED) is 0.696. The van der Waals surface area contributed by atoms with Crippen molar-refractivity contribution in [3.63, 3.8) is 0 Å². The number of ether oxygens (including phenoxy) is 1. The van der Waals surface area contributed by atoms with Crippen LogP contribution in [0, 0.1) is 12.8 Å². The smallest absolute Gasteiger partial charge is 0.238 e. The molecule has 0 spiro atoms. The fourth-order valence-electron chi connectivity index (χ4n) is 4.18. The maximum atomic E-state index is 12.6. The summed E-state index contributed by atoms with van der Waals surface area (Å²) in [4.78, 5) is 14.9. The van der Waals surface area contributed by atoms with Gasteiger partial charge in [-0.05, 0) is 86.9 Å². The first kappa shape index (κ1) is 21.4. The number of methoxy groups -OCH3 is 1. The van der Waals surface area contributed by atoms with Crippen LogP contribution in [0.1, 0.15) is 42.9 Å². The summed E-state index contributed by atoms with van der Waals surface area (Å²) in [5.74, 6) is 1.77. The topological polar surface area (TPSA) is 41.6 Å². The Hall–Kier alpha value is -2.33. The minimum Gasteiger partial charge on any atom is -0.497 e. The molecule has 0 aromatic heterocycles. The van der Waals surface area contributed by atoms with Crippen molar-refractivity contribution in [2.75, 3.05) is 32.1 Å². The molecule has 29 heavy (non-hydrogen) atoms. The number of hydrogen-bond donors (Lipinski definition) is 1. The zero-order chi connectivity index (χ0) is 20.6. The number of anilines is 1. The number of piperidine rings is 1. The van der Waals surface area contributed by atoms with Crippen molar-refractivity contribution in [1.82, 2.24) is 4.90 Å². The number of nitrogens with zero attached hydrogens (tertiary/aromatic N) is 1. The SMILES string of the molecule is CCc1cccc(C)c1NC(=O)CN1CCC(CCc2ccc(OC)cc2)CC1. The third-order valence-corrected chi connectivity index (χ3v) is 6.08. The first-order chi connectivity index (χ1) is 14.1. The lowest BCUT2D eigenvalue weighted by molar-refractivity contribution is -0.117. The molecule has 1 heterocycles. The molecule has 0 aliphatic carbocycles. The third-order valence-electron chi connectivity index (χ3n) is 6.08. The van der Waals surface area contributed by atoms with Crippen LogP contribution in [0.4, 0.5) is 5.69 Å². The lowest BCUT2D eigenvalue weighted by Crippen LogP contribution is -2.39. The lowest BCUT2D eigenvalue weighted by atomic mass is 9.90. The zero-order valence-electron chi connectivity index (χ0n) is 18.0. The van der Waals surface area contributed by atoms with E-state index in [1.54, 1.807) is 7.11 Å². The number of hydrogen-bond acceptors (Lipinski definition) is 3. The summed E-state index contributed by atoms with van der Waals surface area (Å²) in [6.07, 6.45) is 5.61. The van der Waals surface area contributed by atoms with Gasteiger partial charge in [0.25, 0.3) is 0 Å². The van der Waals surface area contributed by atoms with Crippen molar-refractivity contribution in [2.24, 2.45) is 5.92 Å². The Balaban J connectivity index is 1.42. The lowest BCUT2D eigenvalue weighted by Gasteiger charge is -2.31. The van der Waals surface area contributed by atoms with Crippen LogP contribution in [-0.2, 0) is 17.6 Å². The molecule has 0 bridgehead atoms. The predicted octanol–water partition coefficient (Wildman–Crippen LogP) is 4.85. The molecule has 1 aliphatic rings. The summed E-state index contributed by atoms with van der Waals surface area (Å²) >= 11 is 0. The van der Waals surface area contributed by atoms with E-state index < -0.39 is 0 Å². The Bertz CT molecular complexity index is 793. The fraction of sp³-hybridized carbons (Fsp3) is 0.480. The molecule has 1 saturated heterocycles. The molecule has 2 aromatic carbocycles. The normalized spacial score (nSPS) is 15.3. The summed E-state index contributed by atoms with van der Waals surface area (Å²) in [7, 11) is 1.70. The number of carbonyl (C=O) groups excluding carboxylic acids is 1. The number of amides is 1. The Morgan fingerprint density at radius 2 is 1.86 bits per heavy atom. The Morgan fingerprint density at radius 3 is 2.52 bits per heavy atom. The molecule has 1 amide bonds. The summed E-state index contributed by atoms with van der Waals surface area (Å²) < 4.78 is 5.23. The van der Waals surface area contributed by atoms with Gasteiger partial charge >= 0.3 is 0 Å². The Labute approximate surface area is 175 Å². The van der Waals surface area contributed by atoms with Gasteiger partial charge in [-0.3, -0.25) is 9.69 Å². The van der Waals surface area contributed by atoms with Gasteiger partial charge in [0.15, 0.2) is 0 Å². The standard InChI is InChI=1S/C25H34N2O2/c1-4-22-7-5-6-19(2)25(22)26-24(28)18-27-16-14-21(15-17-27)9-8-20-10-12-23(29-3)13-11-20/h5-7,10-13,21H,4,8-9,14-18H2,1-3H3,(H,26,28). The van der Waals surface area contributed by atoms with Crippen LogP contribution in [0.3, 0.4) is 0 Å². The van der Waals surface area contributed by atoms with Crippen LogP contribution in [-0.4, -0.2) is 37.6 Å². The minimum absolute atomic E-state index is 0.102. The third kappa shape index (κ3) is 6.07. The highest BCUT2D eigenvalue weighted by atomic mass is 16.5. The van der Waals surface area contributed by atoms with Crippen LogP contribution < -0.4 is 10.1 Å². The van der Waals surface area contributed by atoms with Crippen LogP contribution >= 0.6 is 0 Å². The van der Waals surface area contributed by atoms with Crippen LogP contribution in [0.2, 0.25) is 0 Å². The molecule has 2 aromatic rings. The van der Waals surface area contributed by atoms with Crippen molar-refractivity contribution < 1.29 is 9.53 Å². The van der Waals surface area contributed by atoms with Gasteiger partial charge in [0.05, 0.1) is 13.7 Å². The molecule has 0 unspecified atom stereocenters. The van der Waals surface area contributed by atoms with Gasteiger partial charge in [0, 0.05) is 5.69 Å². The second kappa shape index (κ2) is 10.4. The Kier molecular flexibility index (Phi) is 7.70. The maximum absolute atomic E-state index is 12.6. The van der Waals surface area contributed by atoms with Crippen molar-refractivity contribution in [1.29, 1.82) is 0 Å². The number of nitrogens with one attached hydrogen (secondary N) is 1. The summed E-state index contributed by atoms with van der Waals surface area (Å²) in [6, 6.07) is 14.6. The van der Waals surface area contributed by atoms with E-state index in [1.807, 2.05) is 12.1 Å². The minimum atomic E-state index is 0.102. The van der Waals surface area contributed by atoms with Gasteiger partial charge in [-0.15, -0.1) is 0 Å². The maximum Gasteiger partial charge on any atom is 0.238 e. The van der Waals surface area contributed by atoms with Crippen molar-refractivity contribution in [3.8, 4) is 5.75 Å². The molecule has 1 fully saturated rings. The molecule has 0 radical (unpaired) electrons. The van der Waals surface area contributed by atoms with Crippen LogP contribution in [0.15, 0.2) is 42.5 Å². The van der Waals surface area contributed by atoms with E-state index in [0.717, 1.165) is 48.8 Å². The number of rotatable bonds is 8. The molecule has 1 aliphatic heterocycles. The molecule has 0 saturated carbocycles. The van der Waals surface area contributed by atoms with Gasteiger partial charge in [-0.2, -0.15) is 0 Å². The van der Waals surface area contributed by atoms with Gasteiger partial charge in [0.2, 0.25) is 5.91 Å². The van der Waals surface area contributed by atoms with E-state index in [4.69, 9.17) is 4.74 Å². The summed E-state index contributed by atoms with van der Waals surface area (Å²) in [5.41, 5.74) is 4.71. The molecular formula is C25H34N2O2. The second-order valence-corrected chi connectivity index (χ2v) is 8.12. The first-order valence-corrected chi connectivity index (χ1v) is 10.8. The number of carbonyl (C=O) groups is 1. The van der Waals surface area contributed by atoms with Gasteiger partial charge < -0.3 is 10.1 Å². The number of aryl methyl sites for hydroxylation is 3. The summed E-state index contributed by atoms with van der Waals surface area (Å²) in [5, 5.41) is 3.15. The number of likely N-dealkylation sites (tertiary alicyclic amines) is 1. The van der Waals surface area contributed by atoms with Crippen molar-refractivity contribution in [3.05, 3.63) is 59.2 Å². The summed E-state index contributed by atoms with van der Waals surface area (Å²) in [6.45, 7) is 6.69. The molecule has 4 nitrogen and oxygen atoms in total. The highest BCUT2D eigenvalue weighted by Gasteiger charge is 2.21. The zero-order valence-corrected chi connectivity index (χ0v) is 18.0. The first-order valence-electron chi connectivity index (χ1n) is 10.8. The molecule has 0 atom stereocenters. The molecule has 3 rings (SSSR count). The highest BCUT2D eigenvalue weighted by molar-refractivity contribution is 5.93. The van der Waals surface area contributed by atoms with E-state index in [-0.39, 0.29) is 5.91 Å². The van der Waals surface area contributed by atoms with Gasteiger partial charge in [-0.25, -0.2) is 0 Å². The van der Waals surface area contributed by atoms with Crippen LogP contribution in [0.25, 0.3) is 0 Å². The van der Waals surface area contributed by atoms with E-state index in [1.165, 1.54) is 30.4 Å². The largest absolute Gasteiger partial charge is 0.497 e. The monoisotopic (exact) mass is 394 g/mol. The van der Waals surface area contributed by atoms with Crippen molar-refractivity contribution >= 4 is 11.6 Å². The van der Waals surface area contributed by atoms with E-state index in [9.17, 15) is 4.79 Å². The Morgan fingerprint density at radius 1 is 1.14 bits per heavy atom. The number of para-hydroxylation sites is 1. The molecule has 4 heteroatoms. The molecular weight excluding hydrogens is 360 g/mol. The highest BCUT2D eigenvalue weighted by Crippen LogP contribution is 2.24. The van der Waals surface area contributed by atoms with Crippen molar-refractivity contribution in [2.45, 2.75) is 46.0 Å². The van der Waals surface area contributed by atoms with Crippen LogP contribution in [0.5, 0.6) is 5.75 Å². The van der Waals surface area contributed by atoms with Gasteiger partial charge in [-0.1, -0.05) is 37.3 Å². The molecule has 1 N–H and O–H groups in total. The van der Waals surface area contributed by atoms with E-state index in [0.29, 0.717) is 6.54 Å². The fourth-order valence-corrected chi connectivity index (χ4v) is 4.18.